The van der Waals surface area contributed by atoms with E-state index in [-0.39, 0.29) is 11.9 Å². The van der Waals surface area contributed by atoms with Gasteiger partial charge in [0.25, 0.3) is 11.8 Å². The lowest BCUT2D eigenvalue weighted by molar-refractivity contribution is -0.148. The summed E-state index contributed by atoms with van der Waals surface area (Å²) in [7, 11) is 0. The van der Waals surface area contributed by atoms with E-state index in [0.717, 1.165) is 5.56 Å². The zero-order chi connectivity index (χ0) is 24.5. The van der Waals surface area contributed by atoms with E-state index in [1.165, 1.54) is 0 Å². The first-order valence-electron chi connectivity index (χ1n) is 11.6. The quantitative estimate of drug-likeness (QED) is 0.561. The van der Waals surface area contributed by atoms with Crippen LogP contribution in [0.2, 0.25) is 0 Å². The molecular formula is C26H26N6O3. The van der Waals surface area contributed by atoms with Gasteiger partial charge in [-0.1, -0.05) is 18.2 Å². The number of Topliss-reactive ketones (excluding diaryl/α,β-unsaturated/α-hetero) is 1. The number of ketones is 1. The second-order valence-corrected chi connectivity index (χ2v) is 8.86. The minimum Gasteiger partial charge on any atom is -0.397 e. The number of nitrogens with two attached hydrogens (primary N) is 1. The Morgan fingerprint density at radius 1 is 1.03 bits per heavy atom. The molecule has 3 aromatic rings. The molecule has 2 atom stereocenters. The van der Waals surface area contributed by atoms with Crippen molar-refractivity contribution in [2.24, 2.45) is 0 Å². The molecule has 0 bridgehead atoms. The van der Waals surface area contributed by atoms with Gasteiger partial charge in [-0.3, -0.25) is 24.4 Å². The van der Waals surface area contributed by atoms with Gasteiger partial charge in [0.15, 0.2) is 0 Å². The molecule has 1 saturated heterocycles. The highest BCUT2D eigenvalue weighted by Gasteiger charge is 2.39. The van der Waals surface area contributed by atoms with Crippen LogP contribution in [0.15, 0.2) is 60.9 Å². The number of pyridine rings is 2. The molecule has 2 unspecified atom stereocenters. The zero-order valence-electron chi connectivity index (χ0n) is 19.3. The molecule has 2 amide bonds. The van der Waals surface area contributed by atoms with Crippen molar-refractivity contribution in [3.05, 3.63) is 72.1 Å². The SMILES string of the molecule is CC1CN(C(=O)c2ccccc2)CCN1C(=O)C(=O)C1CNc2c1ccnc2-c1ccc(N)cn1. The van der Waals surface area contributed by atoms with Crippen LogP contribution < -0.4 is 11.1 Å². The van der Waals surface area contributed by atoms with Crippen LogP contribution in [-0.2, 0) is 9.59 Å². The van der Waals surface area contributed by atoms with E-state index >= 15 is 0 Å². The Hall–Kier alpha value is -4.27. The van der Waals surface area contributed by atoms with Crippen LogP contribution >= 0.6 is 0 Å². The number of nitrogens with zero attached hydrogens (tertiary/aromatic N) is 4. The van der Waals surface area contributed by atoms with E-state index in [2.05, 4.69) is 15.3 Å². The number of hydrogen-bond donors (Lipinski definition) is 2. The van der Waals surface area contributed by atoms with Crippen LogP contribution in [0.5, 0.6) is 0 Å². The number of rotatable bonds is 4. The third-order valence-corrected chi connectivity index (χ3v) is 6.59. The second kappa shape index (κ2) is 9.17. The number of nitrogen functional groups attached to an aromatic ring is 1. The molecule has 5 rings (SSSR count). The fourth-order valence-corrected chi connectivity index (χ4v) is 4.74. The Labute approximate surface area is 203 Å². The van der Waals surface area contributed by atoms with Crippen LogP contribution in [0.3, 0.4) is 0 Å². The van der Waals surface area contributed by atoms with Crippen molar-refractivity contribution in [3.8, 4) is 11.4 Å². The minimum atomic E-state index is -0.607. The first-order chi connectivity index (χ1) is 16.9. The van der Waals surface area contributed by atoms with E-state index in [1.54, 1.807) is 52.5 Å². The lowest BCUT2D eigenvalue weighted by Crippen LogP contribution is -2.57. The molecule has 0 spiro atoms. The third-order valence-electron chi connectivity index (χ3n) is 6.59. The maximum atomic E-state index is 13.3. The second-order valence-electron chi connectivity index (χ2n) is 8.86. The number of nitrogens with one attached hydrogen (secondary N) is 1. The first kappa shape index (κ1) is 22.5. The molecule has 1 aromatic carbocycles. The van der Waals surface area contributed by atoms with Crippen LogP contribution in [0.4, 0.5) is 11.4 Å². The molecule has 2 aliphatic rings. The largest absolute Gasteiger partial charge is 0.397 e. The summed E-state index contributed by atoms with van der Waals surface area (Å²) in [6, 6.07) is 14.1. The molecule has 9 nitrogen and oxygen atoms in total. The molecule has 178 valence electrons. The Morgan fingerprint density at radius 3 is 2.54 bits per heavy atom. The standard InChI is InChI=1S/C26H26N6O3/c1-16-15-31(25(34)17-5-3-2-4-6-17)11-12-32(16)26(35)24(33)20-14-30-22-19(20)9-10-28-23(22)21-8-7-18(27)13-29-21/h2-10,13,16,20,30H,11-12,14-15,27H2,1H3. The maximum absolute atomic E-state index is 13.3. The van der Waals surface area contributed by atoms with E-state index in [9.17, 15) is 14.4 Å². The maximum Gasteiger partial charge on any atom is 0.291 e. The van der Waals surface area contributed by atoms with Crippen molar-refractivity contribution in [3.63, 3.8) is 0 Å². The van der Waals surface area contributed by atoms with Gasteiger partial charge in [-0.25, -0.2) is 0 Å². The molecule has 35 heavy (non-hydrogen) atoms. The number of benzene rings is 1. The van der Waals surface area contributed by atoms with Crippen molar-refractivity contribution in [2.75, 3.05) is 37.2 Å². The summed E-state index contributed by atoms with van der Waals surface area (Å²) in [6.45, 7) is 3.25. The van der Waals surface area contributed by atoms with E-state index in [4.69, 9.17) is 5.73 Å². The summed E-state index contributed by atoms with van der Waals surface area (Å²) in [5, 5.41) is 3.24. The number of piperazine rings is 1. The monoisotopic (exact) mass is 470 g/mol. The molecule has 4 heterocycles. The Morgan fingerprint density at radius 2 is 1.83 bits per heavy atom. The summed E-state index contributed by atoms with van der Waals surface area (Å²) >= 11 is 0. The Bertz CT molecular complexity index is 1280. The van der Waals surface area contributed by atoms with Gasteiger partial charge in [0.2, 0.25) is 5.78 Å². The van der Waals surface area contributed by atoms with Gasteiger partial charge in [0, 0.05) is 44.0 Å². The Balaban J connectivity index is 1.30. The number of fused-ring (bicyclic) bond motifs is 1. The number of hydrogen-bond acceptors (Lipinski definition) is 7. The smallest absolute Gasteiger partial charge is 0.291 e. The summed E-state index contributed by atoms with van der Waals surface area (Å²) in [5.41, 5.74) is 9.60. The molecule has 0 saturated carbocycles. The predicted molar refractivity (Wildman–Crippen MR) is 132 cm³/mol. The van der Waals surface area contributed by atoms with Gasteiger partial charge in [-0.15, -0.1) is 0 Å². The number of amides is 2. The van der Waals surface area contributed by atoms with E-state index < -0.39 is 17.6 Å². The fraction of sp³-hybridized carbons (Fsp3) is 0.269. The van der Waals surface area contributed by atoms with E-state index in [1.807, 2.05) is 25.1 Å². The van der Waals surface area contributed by atoms with Crippen molar-refractivity contribution in [1.29, 1.82) is 0 Å². The zero-order valence-corrected chi connectivity index (χ0v) is 19.3. The van der Waals surface area contributed by atoms with Crippen LogP contribution in [0.25, 0.3) is 11.4 Å². The topological polar surface area (TPSA) is 122 Å². The van der Waals surface area contributed by atoms with Crippen molar-refractivity contribution >= 4 is 29.0 Å². The van der Waals surface area contributed by atoms with Gasteiger partial charge >= 0.3 is 0 Å². The predicted octanol–water partition coefficient (Wildman–Crippen LogP) is 2.18. The van der Waals surface area contributed by atoms with E-state index in [0.29, 0.717) is 54.5 Å². The molecule has 2 aliphatic heterocycles. The van der Waals surface area contributed by atoms with Gasteiger partial charge in [0.05, 0.1) is 29.2 Å². The molecule has 3 N–H and O–H groups in total. The van der Waals surface area contributed by atoms with Crippen LogP contribution in [0, 0.1) is 0 Å². The Kier molecular flexibility index (Phi) is 5.90. The number of anilines is 2. The van der Waals surface area contributed by atoms with Crippen LogP contribution in [-0.4, -0.2) is 69.6 Å². The third kappa shape index (κ3) is 4.21. The molecule has 0 radical (unpaired) electrons. The number of carbonyl (C=O) groups excluding carboxylic acids is 3. The fourth-order valence-electron chi connectivity index (χ4n) is 4.74. The molecule has 1 fully saturated rings. The number of aromatic nitrogens is 2. The molecule has 2 aromatic heterocycles. The van der Waals surface area contributed by atoms with Gasteiger partial charge in [0.1, 0.15) is 5.69 Å². The first-order valence-corrected chi connectivity index (χ1v) is 11.6. The number of carbonyl (C=O) groups is 3. The van der Waals surface area contributed by atoms with Gasteiger partial charge < -0.3 is 20.9 Å². The lowest BCUT2D eigenvalue weighted by Gasteiger charge is -2.39. The van der Waals surface area contributed by atoms with Crippen LogP contribution in [0.1, 0.15) is 28.8 Å². The average Bonchev–Trinajstić information content (AvgIpc) is 3.33. The minimum absolute atomic E-state index is 0.0684. The normalized spacial score (nSPS) is 19.1. The van der Waals surface area contributed by atoms with Crippen molar-refractivity contribution in [2.45, 2.75) is 18.9 Å². The summed E-state index contributed by atoms with van der Waals surface area (Å²) in [4.78, 5) is 51.4. The highest BCUT2D eigenvalue weighted by atomic mass is 16.2. The molecule has 9 heteroatoms. The van der Waals surface area contributed by atoms with Gasteiger partial charge in [-0.05, 0) is 42.8 Å². The van der Waals surface area contributed by atoms with Gasteiger partial charge in [-0.2, -0.15) is 0 Å². The summed E-state index contributed by atoms with van der Waals surface area (Å²) in [6.07, 6.45) is 3.18. The molecule has 0 aliphatic carbocycles. The van der Waals surface area contributed by atoms with Crippen molar-refractivity contribution in [1.82, 2.24) is 19.8 Å². The summed E-state index contributed by atoms with van der Waals surface area (Å²) < 4.78 is 0. The summed E-state index contributed by atoms with van der Waals surface area (Å²) in [5.74, 6) is -1.66. The van der Waals surface area contributed by atoms with Crippen molar-refractivity contribution < 1.29 is 14.4 Å². The highest BCUT2D eigenvalue weighted by molar-refractivity contribution is 6.38. The molecular weight excluding hydrogens is 444 g/mol. The lowest BCUT2D eigenvalue weighted by atomic mass is 9.95. The average molecular weight is 471 g/mol. The highest BCUT2D eigenvalue weighted by Crippen LogP contribution is 2.38.